The predicted octanol–water partition coefficient (Wildman–Crippen LogP) is -1.10. The molecule has 2 aliphatic rings. The van der Waals surface area contributed by atoms with E-state index in [0.29, 0.717) is 18.8 Å². The Morgan fingerprint density at radius 2 is 2.27 bits per heavy atom. The van der Waals surface area contributed by atoms with E-state index in [4.69, 9.17) is 0 Å². The van der Waals surface area contributed by atoms with E-state index in [1.807, 2.05) is 0 Å². The molecular weight excluding hydrogens is 146 g/mol. The van der Waals surface area contributed by atoms with Gasteiger partial charge in [-0.3, -0.25) is 10.1 Å². The van der Waals surface area contributed by atoms with Gasteiger partial charge in [-0.15, -0.1) is 0 Å². The first-order chi connectivity index (χ1) is 5.27. The van der Waals surface area contributed by atoms with Crippen molar-refractivity contribution in [3.63, 3.8) is 0 Å². The van der Waals surface area contributed by atoms with Gasteiger partial charge in [0, 0.05) is 13.1 Å². The van der Waals surface area contributed by atoms with Crippen molar-refractivity contribution in [3.8, 4) is 0 Å². The van der Waals surface area contributed by atoms with Crippen molar-refractivity contribution in [1.82, 2.24) is 10.6 Å². The van der Waals surface area contributed by atoms with Gasteiger partial charge in [-0.2, -0.15) is 0 Å². The molecule has 58 valence electrons. The van der Waals surface area contributed by atoms with Gasteiger partial charge in [0.1, 0.15) is 0 Å². The molecule has 3 amide bonds. The van der Waals surface area contributed by atoms with Gasteiger partial charge in [0.05, 0.1) is 11.6 Å². The number of imide groups is 1. The second-order valence-electron chi connectivity index (χ2n) is 2.58. The molecule has 1 saturated heterocycles. The first-order valence-corrected chi connectivity index (χ1v) is 3.40. The zero-order valence-corrected chi connectivity index (χ0v) is 5.76. The molecule has 1 fully saturated rings. The molecule has 1 atom stereocenters. The minimum Gasteiger partial charge on any atom is -0.310 e. The minimum atomic E-state index is -0.537. The van der Waals surface area contributed by atoms with Gasteiger partial charge in [-0.25, -0.2) is 9.79 Å². The maximum atomic E-state index is 11.0. The molecule has 0 aromatic rings. The molecule has 11 heavy (non-hydrogen) atoms. The highest BCUT2D eigenvalue weighted by Gasteiger charge is 2.33. The summed E-state index contributed by atoms with van der Waals surface area (Å²) >= 11 is 0. The van der Waals surface area contributed by atoms with E-state index in [9.17, 15) is 9.59 Å². The molecule has 2 aliphatic heterocycles. The Morgan fingerprint density at radius 3 is 3.09 bits per heavy atom. The van der Waals surface area contributed by atoms with Crippen molar-refractivity contribution in [2.24, 2.45) is 10.9 Å². The van der Waals surface area contributed by atoms with Crippen LogP contribution in [0.4, 0.5) is 4.79 Å². The third kappa shape index (κ3) is 0.932. The molecule has 2 heterocycles. The van der Waals surface area contributed by atoms with E-state index in [0.717, 1.165) is 0 Å². The lowest BCUT2D eigenvalue weighted by atomic mass is 10.1. The number of fused-ring (bicyclic) bond motifs is 1. The van der Waals surface area contributed by atoms with Crippen molar-refractivity contribution < 1.29 is 9.59 Å². The van der Waals surface area contributed by atoms with Crippen molar-refractivity contribution in [3.05, 3.63) is 0 Å². The highest BCUT2D eigenvalue weighted by Crippen LogP contribution is 2.09. The number of amides is 3. The van der Waals surface area contributed by atoms with Crippen molar-refractivity contribution in [1.29, 1.82) is 0 Å². The Kier molecular flexibility index (Phi) is 1.25. The number of nitrogens with zero attached hydrogens (tertiary/aromatic N) is 1. The Bertz CT molecular complexity index is 259. The molecule has 1 unspecified atom stereocenters. The van der Waals surface area contributed by atoms with Gasteiger partial charge in [0.25, 0.3) is 0 Å². The van der Waals surface area contributed by atoms with Crippen LogP contribution < -0.4 is 10.6 Å². The zero-order chi connectivity index (χ0) is 7.84. The summed E-state index contributed by atoms with van der Waals surface area (Å²) < 4.78 is 0. The lowest BCUT2D eigenvalue weighted by Gasteiger charge is -2.13. The SMILES string of the molecule is O=C1N=C2CNCC2C(=O)N1. The lowest BCUT2D eigenvalue weighted by Crippen LogP contribution is -2.42. The number of carbonyl (C=O) groups excluding carboxylic acids is 2. The maximum absolute atomic E-state index is 11.0. The molecule has 0 aromatic carbocycles. The molecule has 2 rings (SSSR count). The molecule has 0 spiro atoms. The van der Waals surface area contributed by atoms with Crippen LogP contribution in [0.25, 0.3) is 0 Å². The fraction of sp³-hybridized carbons (Fsp3) is 0.500. The Morgan fingerprint density at radius 1 is 1.45 bits per heavy atom. The summed E-state index contributed by atoms with van der Waals surface area (Å²) in [5.74, 6) is -0.447. The van der Waals surface area contributed by atoms with Crippen molar-refractivity contribution in [2.45, 2.75) is 0 Å². The Balaban J connectivity index is 2.34. The van der Waals surface area contributed by atoms with Crippen molar-refractivity contribution in [2.75, 3.05) is 13.1 Å². The molecule has 2 N–H and O–H groups in total. The van der Waals surface area contributed by atoms with Gasteiger partial charge < -0.3 is 5.32 Å². The van der Waals surface area contributed by atoms with E-state index in [1.165, 1.54) is 0 Å². The number of carbonyl (C=O) groups is 2. The number of urea groups is 1. The molecule has 5 heteroatoms. The van der Waals surface area contributed by atoms with E-state index in [-0.39, 0.29) is 11.8 Å². The molecule has 0 aliphatic carbocycles. The van der Waals surface area contributed by atoms with E-state index in [1.54, 1.807) is 0 Å². The summed E-state index contributed by atoms with van der Waals surface area (Å²) in [6.45, 7) is 1.15. The number of aliphatic imine (C=N–C) groups is 1. The Labute approximate surface area is 62.9 Å². The highest BCUT2D eigenvalue weighted by molar-refractivity contribution is 6.18. The third-order valence-electron chi connectivity index (χ3n) is 1.85. The third-order valence-corrected chi connectivity index (χ3v) is 1.85. The molecule has 0 radical (unpaired) electrons. The van der Waals surface area contributed by atoms with Crippen LogP contribution in [0.3, 0.4) is 0 Å². The van der Waals surface area contributed by atoms with Crippen LogP contribution in [0.2, 0.25) is 0 Å². The topological polar surface area (TPSA) is 70.6 Å². The van der Waals surface area contributed by atoms with Crippen LogP contribution in [0, 0.1) is 5.92 Å². The monoisotopic (exact) mass is 153 g/mol. The van der Waals surface area contributed by atoms with Crippen LogP contribution in [0.5, 0.6) is 0 Å². The van der Waals surface area contributed by atoms with Gasteiger partial charge >= 0.3 is 6.03 Å². The number of rotatable bonds is 0. The predicted molar refractivity (Wildman–Crippen MR) is 37.3 cm³/mol. The van der Waals surface area contributed by atoms with Gasteiger partial charge in [0.15, 0.2) is 0 Å². The number of nitrogens with one attached hydrogen (secondary N) is 2. The summed E-state index contributed by atoms with van der Waals surface area (Å²) in [6, 6.07) is -0.537. The molecule has 5 nitrogen and oxygen atoms in total. The van der Waals surface area contributed by atoms with Crippen LogP contribution in [-0.2, 0) is 4.79 Å². The first-order valence-electron chi connectivity index (χ1n) is 3.40. The maximum Gasteiger partial charge on any atom is 0.347 e. The highest BCUT2D eigenvalue weighted by atomic mass is 16.2. The van der Waals surface area contributed by atoms with E-state index >= 15 is 0 Å². The second kappa shape index (κ2) is 2.13. The van der Waals surface area contributed by atoms with Crippen LogP contribution in [-0.4, -0.2) is 30.7 Å². The fourth-order valence-electron chi connectivity index (χ4n) is 1.30. The smallest absolute Gasteiger partial charge is 0.310 e. The van der Waals surface area contributed by atoms with Gasteiger partial charge in [-0.1, -0.05) is 0 Å². The average Bonchev–Trinajstić information content (AvgIpc) is 2.34. The molecule has 0 saturated carbocycles. The molecule has 0 aromatic heterocycles. The first kappa shape index (κ1) is 6.48. The minimum absolute atomic E-state index is 0.215. The molecular formula is C6H7N3O2. The summed E-state index contributed by atoms with van der Waals surface area (Å²) in [6.07, 6.45) is 0. The van der Waals surface area contributed by atoms with E-state index in [2.05, 4.69) is 15.6 Å². The lowest BCUT2D eigenvalue weighted by molar-refractivity contribution is -0.121. The zero-order valence-electron chi connectivity index (χ0n) is 5.76. The van der Waals surface area contributed by atoms with E-state index < -0.39 is 6.03 Å². The molecule has 0 bridgehead atoms. The number of hydrogen-bond acceptors (Lipinski definition) is 3. The van der Waals surface area contributed by atoms with Crippen LogP contribution >= 0.6 is 0 Å². The van der Waals surface area contributed by atoms with Crippen molar-refractivity contribution >= 4 is 17.6 Å². The quantitative estimate of drug-likeness (QED) is 0.464. The van der Waals surface area contributed by atoms with Gasteiger partial charge in [0.2, 0.25) is 5.91 Å². The Hall–Kier alpha value is -1.23. The summed E-state index contributed by atoms with van der Waals surface area (Å²) in [4.78, 5) is 25.4. The van der Waals surface area contributed by atoms with Crippen LogP contribution in [0.1, 0.15) is 0 Å². The normalized spacial score (nSPS) is 29.5. The van der Waals surface area contributed by atoms with Crippen LogP contribution in [0.15, 0.2) is 4.99 Å². The summed E-state index contributed by atoms with van der Waals surface area (Å²) in [7, 11) is 0. The fourth-order valence-corrected chi connectivity index (χ4v) is 1.30. The summed E-state index contributed by atoms with van der Waals surface area (Å²) in [5.41, 5.74) is 0.666. The van der Waals surface area contributed by atoms with Gasteiger partial charge in [-0.05, 0) is 0 Å². The second-order valence-corrected chi connectivity index (χ2v) is 2.58. The number of hydrogen-bond donors (Lipinski definition) is 2. The average molecular weight is 153 g/mol. The standard InChI is InChI=1S/C6H7N3O2/c10-5-3-1-7-2-4(3)8-6(11)9-5/h3,7H,1-2H2,(H,9,10,11). The largest absolute Gasteiger partial charge is 0.347 e. The summed E-state index contributed by atoms with van der Waals surface area (Å²) in [5, 5.41) is 5.12.